The minimum atomic E-state index is -0.953. The SMILES string of the molecule is CC(=O)N1CCN(c2ccc(OC[C@H]3CO[C@](Cn4ccnc4)(c4ccc(Cl)cc4CI)O3)cc2)CC1. The molecular weight excluding hydrogens is 607 g/mol. The molecule has 0 aliphatic carbocycles. The second-order valence-corrected chi connectivity index (χ2v) is 10.5. The Balaban J connectivity index is 1.23. The maximum Gasteiger partial charge on any atom is 0.219 e. The van der Waals surface area contributed by atoms with E-state index in [9.17, 15) is 4.79 Å². The van der Waals surface area contributed by atoms with Gasteiger partial charge in [0, 0.05) is 66.2 Å². The van der Waals surface area contributed by atoms with Crippen molar-refractivity contribution in [2.45, 2.75) is 29.8 Å². The number of amides is 1. The van der Waals surface area contributed by atoms with Crippen LogP contribution in [0.5, 0.6) is 5.75 Å². The van der Waals surface area contributed by atoms with Crippen molar-refractivity contribution in [2.75, 3.05) is 44.3 Å². The molecule has 2 aliphatic rings. The van der Waals surface area contributed by atoms with Crippen LogP contribution in [0.25, 0.3) is 0 Å². The van der Waals surface area contributed by atoms with Gasteiger partial charge in [-0.3, -0.25) is 4.79 Å². The maximum absolute atomic E-state index is 11.6. The Bertz CT molecular complexity index is 1200. The Morgan fingerprint density at radius 1 is 1.19 bits per heavy atom. The fraction of sp³-hybridized carbons (Fsp3) is 0.407. The van der Waals surface area contributed by atoms with Gasteiger partial charge < -0.3 is 28.6 Å². The summed E-state index contributed by atoms with van der Waals surface area (Å²) in [5.41, 5.74) is 3.18. The molecule has 5 rings (SSSR count). The Kier molecular flexibility index (Phi) is 8.23. The quantitative estimate of drug-likeness (QED) is 0.268. The van der Waals surface area contributed by atoms with Gasteiger partial charge in [-0.15, -0.1) is 0 Å². The van der Waals surface area contributed by atoms with E-state index in [0.717, 1.165) is 53.2 Å². The van der Waals surface area contributed by atoms with Gasteiger partial charge >= 0.3 is 0 Å². The van der Waals surface area contributed by atoms with Crippen molar-refractivity contribution >= 4 is 45.8 Å². The number of imidazole rings is 1. The van der Waals surface area contributed by atoms with E-state index in [1.165, 1.54) is 0 Å². The Hall–Kier alpha value is -2.34. The second-order valence-electron chi connectivity index (χ2n) is 9.27. The Labute approximate surface area is 235 Å². The van der Waals surface area contributed by atoms with Crippen LogP contribution in [0.3, 0.4) is 0 Å². The number of carbonyl (C=O) groups is 1. The van der Waals surface area contributed by atoms with Crippen LogP contribution in [0.15, 0.2) is 61.2 Å². The monoisotopic (exact) mass is 636 g/mol. The summed E-state index contributed by atoms with van der Waals surface area (Å²) in [6, 6.07) is 13.9. The van der Waals surface area contributed by atoms with Gasteiger partial charge in [-0.2, -0.15) is 0 Å². The predicted octanol–water partition coefficient (Wildman–Crippen LogP) is 4.49. The number of aromatic nitrogens is 2. The molecule has 3 heterocycles. The molecule has 0 bridgehead atoms. The van der Waals surface area contributed by atoms with Crippen LogP contribution in [0.1, 0.15) is 18.1 Å². The van der Waals surface area contributed by atoms with E-state index < -0.39 is 5.79 Å². The Morgan fingerprint density at radius 2 is 1.97 bits per heavy atom. The van der Waals surface area contributed by atoms with E-state index in [0.29, 0.717) is 24.8 Å². The number of halogens is 2. The van der Waals surface area contributed by atoms with Crippen LogP contribution >= 0.6 is 34.2 Å². The summed E-state index contributed by atoms with van der Waals surface area (Å²) in [5.74, 6) is -0.0375. The van der Waals surface area contributed by atoms with Gasteiger partial charge in [-0.1, -0.05) is 40.3 Å². The van der Waals surface area contributed by atoms with Crippen molar-refractivity contribution in [1.82, 2.24) is 14.5 Å². The maximum atomic E-state index is 11.6. The highest BCUT2D eigenvalue weighted by Gasteiger charge is 2.45. The standard InChI is InChI=1S/C27H30ClIN4O4/c1-20(34)32-10-12-33(13-11-32)23-3-5-24(6-4-23)35-16-25-17-36-27(37-25,18-31-9-8-30-19-31)26-7-2-22(28)14-21(26)15-29/h2-9,14,19,25H,10-13,15-18H2,1H3/t25-,27-/m0/s1. The number of hydrogen-bond acceptors (Lipinski definition) is 6. The molecule has 2 saturated heterocycles. The minimum Gasteiger partial charge on any atom is -0.491 e. The van der Waals surface area contributed by atoms with Crippen molar-refractivity contribution in [1.29, 1.82) is 0 Å². The molecule has 8 nitrogen and oxygen atoms in total. The first-order valence-electron chi connectivity index (χ1n) is 12.3. The molecule has 0 N–H and O–H groups in total. The lowest BCUT2D eigenvalue weighted by Gasteiger charge is -2.35. The van der Waals surface area contributed by atoms with E-state index in [4.69, 9.17) is 25.8 Å². The number of nitrogens with zero attached hydrogens (tertiary/aromatic N) is 4. The molecule has 1 aromatic heterocycles. The number of rotatable bonds is 8. The van der Waals surface area contributed by atoms with Crippen LogP contribution < -0.4 is 9.64 Å². The van der Waals surface area contributed by atoms with Crippen LogP contribution in [0.4, 0.5) is 5.69 Å². The van der Waals surface area contributed by atoms with E-state index >= 15 is 0 Å². The van der Waals surface area contributed by atoms with Crippen molar-refractivity contribution in [3.8, 4) is 5.75 Å². The first kappa shape index (κ1) is 26.3. The van der Waals surface area contributed by atoms with Crippen LogP contribution in [0.2, 0.25) is 5.02 Å². The molecular formula is C27H30ClIN4O4. The van der Waals surface area contributed by atoms with Gasteiger partial charge in [-0.05, 0) is 42.0 Å². The summed E-state index contributed by atoms with van der Waals surface area (Å²) in [4.78, 5) is 19.9. The van der Waals surface area contributed by atoms with E-state index in [-0.39, 0.29) is 12.0 Å². The zero-order chi connectivity index (χ0) is 25.8. The fourth-order valence-electron chi connectivity index (χ4n) is 4.84. The average molecular weight is 637 g/mol. The van der Waals surface area contributed by atoms with Gasteiger partial charge in [0.2, 0.25) is 11.7 Å². The van der Waals surface area contributed by atoms with E-state index in [2.05, 4.69) is 44.6 Å². The normalized spacial score (nSPS) is 21.9. The lowest BCUT2D eigenvalue weighted by Crippen LogP contribution is -2.48. The zero-order valence-corrected chi connectivity index (χ0v) is 23.6. The number of benzene rings is 2. The molecule has 0 saturated carbocycles. The summed E-state index contributed by atoms with van der Waals surface area (Å²) in [6.45, 7) is 6.04. The molecule has 1 amide bonds. The summed E-state index contributed by atoms with van der Waals surface area (Å²) in [5, 5.41) is 0.690. The molecule has 2 fully saturated rings. The molecule has 37 heavy (non-hydrogen) atoms. The fourth-order valence-corrected chi connectivity index (χ4v) is 5.67. The van der Waals surface area contributed by atoms with Gasteiger partial charge in [-0.25, -0.2) is 4.98 Å². The highest BCUT2D eigenvalue weighted by atomic mass is 127. The van der Waals surface area contributed by atoms with Gasteiger partial charge in [0.05, 0.1) is 19.5 Å². The molecule has 2 atom stereocenters. The van der Waals surface area contributed by atoms with Gasteiger partial charge in [0.25, 0.3) is 0 Å². The largest absolute Gasteiger partial charge is 0.491 e. The summed E-state index contributed by atoms with van der Waals surface area (Å²) >= 11 is 8.61. The van der Waals surface area contributed by atoms with E-state index in [1.807, 2.05) is 46.0 Å². The topological polar surface area (TPSA) is 69.1 Å². The molecule has 3 aromatic rings. The molecule has 10 heteroatoms. The first-order valence-corrected chi connectivity index (χ1v) is 14.2. The van der Waals surface area contributed by atoms with Crippen LogP contribution in [0, 0.1) is 0 Å². The average Bonchev–Trinajstić information content (AvgIpc) is 3.58. The van der Waals surface area contributed by atoms with Crippen molar-refractivity contribution in [3.05, 3.63) is 77.3 Å². The van der Waals surface area contributed by atoms with Gasteiger partial charge in [0.1, 0.15) is 18.5 Å². The van der Waals surface area contributed by atoms with Crippen molar-refractivity contribution < 1.29 is 19.0 Å². The predicted molar refractivity (Wildman–Crippen MR) is 150 cm³/mol. The smallest absolute Gasteiger partial charge is 0.219 e. The molecule has 0 spiro atoms. The number of carbonyl (C=O) groups excluding carboxylic acids is 1. The van der Waals surface area contributed by atoms with Crippen molar-refractivity contribution in [3.63, 3.8) is 0 Å². The highest BCUT2D eigenvalue weighted by molar-refractivity contribution is 14.1. The minimum absolute atomic E-state index is 0.136. The van der Waals surface area contributed by atoms with E-state index in [1.54, 1.807) is 19.4 Å². The zero-order valence-electron chi connectivity index (χ0n) is 20.7. The summed E-state index contributed by atoms with van der Waals surface area (Å²) < 4.78 is 21.8. The Morgan fingerprint density at radius 3 is 2.65 bits per heavy atom. The summed E-state index contributed by atoms with van der Waals surface area (Å²) in [6.07, 6.45) is 5.18. The third kappa shape index (κ3) is 6.05. The number of alkyl halides is 1. The molecule has 2 aromatic carbocycles. The number of hydrogen-bond donors (Lipinski definition) is 0. The summed E-state index contributed by atoms with van der Waals surface area (Å²) in [7, 11) is 0. The third-order valence-corrected chi connectivity index (χ3v) is 7.85. The lowest BCUT2D eigenvalue weighted by molar-refractivity contribution is -0.189. The number of anilines is 1. The highest BCUT2D eigenvalue weighted by Crippen LogP contribution is 2.39. The molecule has 0 unspecified atom stereocenters. The number of piperazine rings is 1. The first-order chi connectivity index (χ1) is 18.0. The molecule has 0 radical (unpaired) electrons. The van der Waals surface area contributed by atoms with Crippen molar-refractivity contribution in [2.24, 2.45) is 0 Å². The van der Waals surface area contributed by atoms with Crippen LogP contribution in [-0.4, -0.2) is 65.9 Å². The second kappa shape index (κ2) is 11.6. The lowest BCUT2D eigenvalue weighted by atomic mass is 10.00. The molecule has 196 valence electrons. The third-order valence-electron chi connectivity index (χ3n) is 6.79. The van der Waals surface area contributed by atoms with Gasteiger partial charge in [0.15, 0.2) is 0 Å². The van der Waals surface area contributed by atoms with Crippen LogP contribution in [-0.2, 0) is 31.0 Å². The number of ether oxygens (including phenoxy) is 3. The molecule has 2 aliphatic heterocycles.